The Bertz CT molecular complexity index is 729. The number of anilines is 4. The summed E-state index contributed by atoms with van der Waals surface area (Å²) in [7, 11) is 0. The van der Waals surface area contributed by atoms with Crippen LogP contribution in [0.1, 0.15) is 25.7 Å². The second-order valence-electron chi connectivity index (χ2n) is 6.05. The molecular formula is C17H21N5O2. The quantitative estimate of drug-likeness (QED) is 0.896. The van der Waals surface area contributed by atoms with Crippen molar-refractivity contribution in [3.63, 3.8) is 0 Å². The fourth-order valence-corrected chi connectivity index (χ4v) is 3.13. The van der Waals surface area contributed by atoms with E-state index < -0.39 is 0 Å². The number of ether oxygens (including phenoxy) is 2. The fraction of sp³-hybridized carbons (Fsp3) is 0.412. The van der Waals surface area contributed by atoms with Gasteiger partial charge in [0.25, 0.3) is 0 Å². The molecule has 7 heteroatoms. The molecule has 0 saturated carbocycles. The number of hydrogen-bond donors (Lipinski definition) is 2. The van der Waals surface area contributed by atoms with Crippen molar-refractivity contribution in [2.24, 2.45) is 0 Å². The maximum Gasteiger partial charge on any atom is 0.231 e. The molecule has 2 aliphatic heterocycles. The summed E-state index contributed by atoms with van der Waals surface area (Å²) in [5.74, 6) is 2.90. The van der Waals surface area contributed by atoms with E-state index in [9.17, 15) is 0 Å². The molecule has 0 atom stereocenters. The SMILES string of the molecule is Nc1c(Nc2ccc3c(c2)OCO3)ncnc1N1CCCCCC1. The highest BCUT2D eigenvalue weighted by Crippen LogP contribution is 2.36. The number of nitrogens with one attached hydrogen (secondary N) is 1. The lowest BCUT2D eigenvalue weighted by molar-refractivity contribution is 0.174. The Kier molecular flexibility index (Phi) is 3.98. The molecule has 24 heavy (non-hydrogen) atoms. The van der Waals surface area contributed by atoms with E-state index in [0.717, 1.165) is 36.1 Å². The van der Waals surface area contributed by atoms with Gasteiger partial charge in [-0.05, 0) is 25.0 Å². The van der Waals surface area contributed by atoms with E-state index in [1.54, 1.807) is 6.33 Å². The molecule has 3 heterocycles. The van der Waals surface area contributed by atoms with Crippen molar-refractivity contribution < 1.29 is 9.47 Å². The fourth-order valence-electron chi connectivity index (χ4n) is 3.13. The monoisotopic (exact) mass is 327 g/mol. The Morgan fingerprint density at radius 3 is 2.62 bits per heavy atom. The van der Waals surface area contributed by atoms with E-state index in [2.05, 4.69) is 20.2 Å². The number of nitrogens with zero attached hydrogens (tertiary/aromatic N) is 3. The lowest BCUT2D eigenvalue weighted by Gasteiger charge is -2.23. The van der Waals surface area contributed by atoms with E-state index in [1.165, 1.54) is 25.7 Å². The van der Waals surface area contributed by atoms with Gasteiger partial charge >= 0.3 is 0 Å². The largest absolute Gasteiger partial charge is 0.454 e. The Hall–Kier alpha value is -2.70. The van der Waals surface area contributed by atoms with E-state index in [4.69, 9.17) is 15.2 Å². The van der Waals surface area contributed by atoms with Crippen molar-refractivity contribution >= 4 is 23.0 Å². The Morgan fingerprint density at radius 2 is 1.79 bits per heavy atom. The van der Waals surface area contributed by atoms with E-state index in [0.29, 0.717) is 11.5 Å². The summed E-state index contributed by atoms with van der Waals surface area (Å²) in [5.41, 5.74) is 7.77. The van der Waals surface area contributed by atoms with Crippen molar-refractivity contribution in [1.82, 2.24) is 9.97 Å². The average molecular weight is 327 g/mol. The maximum atomic E-state index is 6.34. The summed E-state index contributed by atoms with van der Waals surface area (Å²) < 4.78 is 10.7. The van der Waals surface area contributed by atoms with Gasteiger partial charge in [0.05, 0.1) is 0 Å². The molecule has 0 aliphatic carbocycles. The molecule has 3 N–H and O–H groups in total. The standard InChI is InChI=1S/C17H21N5O2/c18-15-16(21-12-5-6-13-14(9-12)24-11-23-13)19-10-20-17(15)22-7-3-1-2-4-8-22/h5-6,9-10H,1-4,7-8,11,18H2,(H,19,20,21). The van der Waals surface area contributed by atoms with Gasteiger partial charge < -0.3 is 25.4 Å². The highest BCUT2D eigenvalue weighted by atomic mass is 16.7. The van der Waals surface area contributed by atoms with Crippen LogP contribution in [0.5, 0.6) is 11.5 Å². The van der Waals surface area contributed by atoms with Gasteiger partial charge in [-0.1, -0.05) is 12.8 Å². The van der Waals surface area contributed by atoms with Crippen LogP contribution in [-0.2, 0) is 0 Å². The van der Waals surface area contributed by atoms with Crippen LogP contribution < -0.4 is 25.4 Å². The van der Waals surface area contributed by atoms with Crippen LogP contribution in [0.15, 0.2) is 24.5 Å². The molecule has 0 spiro atoms. The van der Waals surface area contributed by atoms with Crippen molar-refractivity contribution in [2.75, 3.05) is 35.8 Å². The number of nitrogen functional groups attached to an aromatic ring is 1. The van der Waals surface area contributed by atoms with Crippen molar-refractivity contribution in [3.8, 4) is 11.5 Å². The summed E-state index contributed by atoms with van der Waals surface area (Å²) in [6.45, 7) is 2.24. The van der Waals surface area contributed by atoms with Gasteiger partial charge in [-0.15, -0.1) is 0 Å². The van der Waals surface area contributed by atoms with Gasteiger partial charge in [0.2, 0.25) is 6.79 Å². The molecule has 7 nitrogen and oxygen atoms in total. The van der Waals surface area contributed by atoms with Crippen LogP contribution in [0.3, 0.4) is 0 Å². The number of fused-ring (bicyclic) bond motifs is 1. The maximum absolute atomic E-state index is 6.34. The lowest BCUT2D eigenvalue weighted by Crippen LogP contribution is -2.26. The molecule has 0 amide bonds. The third-order valence-corrected chi connectivity index (χ3v) is 4.40. The van der Waals surface area contributed by atoms with E-state index >= 15 is 0 Å². The van der Waals surface area contributed by atoms with Crippen LogP contribution in [-0.4, -0.2) is 29.9 Å². The Morgan fingerprint density at radius 1 is 1.00 bits per heavy atom. The first kappa shape index (κ1) is 14.9. The van der Waals surface area contributed by atoms with Gasteiger partial charge in [-0.3, -0.25) is 0 Å². The molecule has 4 rings (SSSR count). The van der Waals surface area contributed by atoms with Crippen molar-refractivity contribution in [1.29, 1.82) is 0 Å². The van der Waals surface area contributed by atoms with Crippen molar-refractivity contribution in [3.05, 3.63) is 24.5 Å². The first-order valence-corrected chi connectivity index (χ1v) is 8.33. The molecule has 0 radical (unpaired) electrons. The molecule has 0 bridgehead atoms. The lowest BCUT2D eigenvalue weighted by atomic mass is 10.2. The predicted octanol–water partition coefficient (Wildman–Crippen LogP) is 2.91. The summed E-state index contributed by atoms with van der Waals surface area (Å²) >= 11 is 0. The van der Waals surface area contributed by atoms with Crippen LogP contribution >= 0.6 is 0 Å². The second-order valence-corrected chi connectivity index (χ2v) is 6.05. The third-order valence-electron chi connectivity index (χ3n) is 4.40. The highest BCUT2D eigenvalue weighted by molar-refractivity contribution is 5.78. The number of benzene rings is 1. The van der Waals surface area contributed by atoms with Crippen LogP contribution in [0, 0.1) is 0 Å². The second kappa shape index (κ2) is 6.43. The topological polar surface area (TPSA) is 85.5 Å². The molecule has 1 aromatic carbocycles. The van der Waals surface area contributed by atoms with Crippen LogP contribution in [0.25, 0.3) is 0 Å². The summed E-state index contributed by atoms with van der Waals surface area (Å²) in [6, 6.07) is 5.67. The minimum atomic E-state index is 0.257. The molecule has 2 aromatic rings. The predicted molar refractivity (Wildman–Crippen MR) is 93.0 cm³/mol. The number of rotatable bonds is 3. The van der Waals surface area contributed by atoms with Gasteiger partial charge in [0.1, 0.15) is 12.0 Å². The zero-order chi connectivity index (χ0) is 16.4. The van der Waals surface area contributed by atoms with E-state index in [-0.39, 0.29) is 6.79 Å². The zero-order valence-electron chi connectivity index (χ0n) is 13.5. The molecule has 0 unspecified atom stereocenters. The molecular weight excluding hydrogens is 306 g/mol. The first-order valence-electron chi connectivity index (χ1n) is 8.33. The Labute approximate surface area is 140 Å². The first-order chi connectivity index (χ1) is 11.8. The smallest absolute Gasteiger partial charge is 0.231 e. The average Bonchev–Trinajstić information content (AvgIpc) is 2.89. The van der Waals surface area contributed by atoms with Gasteiger partial charge in [-0.2, -0.15) is 0 Å². The molecule has 1 aromatic heterocycles. The van der Waals surface area contributed by atoms with Crippen LogP contribution in [0.2, 0.25) is 0 Å². The number of hydrogen-bond acceptors (Lipinski definition) is 7. The van der Waals surface area contributed by atoms with Crippen LogP contribution in [0.4, 0.5) is 23.0 Å². The van der Waals surface area contributed by atoms with E-state index in [1.807, 2.05) is 18.2 Å². The zero-order valence-corrected chi connectivity index (χ0v) is 13.5. The summed E-state index contributed by atoms with van der Waals surface area (Å²) in [4.78, 5) is 11.0. The summed E-state index contributed by atoms with van der Waals surface area (Å²) in [6.07, 6.45) is 6.45. The van der Waals surface area contributed by atoms with Gasteiger partial charge in [-0.25, -0.2) is 9.97 Å². The number of aromatic nitrogens is 2. The normalized spacial score (nSPS) is 16.8. The third kappa shape index (κ3) is 2.89. The summed E-state index contributed by atoms with van der Waals surface area (Å²) in [5, 5.41) is 3.26. The van der Waals surface area contributed by atoms with Gasteiger partial charge in [0, 0.05) is 24.8 Å². The molecule has 1 saturated heterocycles. The molecule has 126 valence electrons. The van der Waals surface area contributed by atoms with Crippen molar-refractivity contribution in [2.45, 2.75) is 25.7 Å². The minimum Gasteiger partial charge on any atom is -0.454 e. The molecule has 2 aliphatic rings. The number of nitrogens with two attached hydrogens (primary N) is 1. The molecule has 1 fully saturated rings. The highest BCUT2D eigenvalue weighted by Gasteiger charge is 2.18. The van der Waals surface area contributed by atoms with Gasteiger partial charge in [0.15, 0.2) is 23.1 Å². The minimum absolute atomic E-state index is 0.257. The Balaban J connectivity index is 1.58.